The second-order valence-corrected chi connectivity index (χ2v) is 6.56. The van der Waals surface area contributed by atoms with Gasteiger partial charge in [0.25, 0.3) is 0 Å². The summed E-state index contributed by atoms with van der Waals surface area (Å²) in [6.45, 7) is 6.05. The van der Waals surface area contributed by atoms with Gasteiger partial charge in [0.05, 0.1) is 17.6 Å². The number of nitrogen functional groups attached to an aromatic ring is 1. The van der Waals surface area contributed by atoms with Crippen LogP contribution in [0.15, 0.2) is 24.5 Å². The van der Waals surface area contributed by atoms with Gasteiger partial charge in [-0.1, -0.05) is 0 Å². The molecule has 1 aromatic carbocycles. The van der Waals surface area contributed by atoms with Crippen LogP contribution in [-0.4, -0.2) is 46.9 Å². The van der Waals surface area contributed by atoms with Crippen LogP contribution in [0.3, 0.4) is 0 Å². The lowest BCUT2D eigenvalue weighted by atomic mass is 10.0. The van der Waals surface area contributed by atoms with E-state index in [1.165, 1.54) is 0 Å². The van der Waals surface area contributed by atoms with Crippen LogP contribution >= 0.6 is 0 Å². The minimum Gasteiger partial charge on any atom is -0.397 e. The van der Waals surface area contributed by atoms with Gasteiger partial charge >= 0.3 is 0 Å². The summed E-state index contributed by atoms with van der Waals surface area (Å²) in [5.41, 5.74) is 8.86. The summed E-state index contributed by atoms with van der Waals surface area (Å²) in [6.07, 6.45) is 3.44. The molecular formula is C17H24FN5. The molecule has 2 N–H and O–H groups in total. The molecule has 2 heterocycles. The molecule has 0 aliphatic carbocycles. The third-order valence-corrected chi connectivity index (χ3v) is 4.83. The van der Waals surface area contributed by atoms with Gasteiger partial charge in [-0.25, -0.2) is 4.39 Å². The Morgan fingerprint density at radius 3 is 2.39 bits per heavy atom. The fourth-order valence-corrected chi connectivity index (χ4v) is 3.24. The van der Waals surface area contributed by atoms with Gasteiger partial charge < -0.3 is 10.6 Å². The molecule has 1 fully saturated rings. The number of aryl methyl sites for hydroxylation is 1. The van der Waals surface area contributed by atoms with Crippen molar-refractivity contribution in [3.05, 3.63) is 30.3 Å². The number of hydrogen-bond donors (Lipinski definition) is 1. The molecule has 0 bridgehead atoms. The molecule has 124 valence electrons. The highest BCUT2D eigenvalue weighted by Crippen LogP contribution is 2.33. The summed E-state index contributed by atoms with van der Waals surface area (Å²) in [5.74, 6) is -0.263. The van der Waals surface area contributed by atoms with E-state index < -0.39 is 0 Å². The van der Waals surface area contributed by atoms with Gasteiger partial charge in [0, 0.05) is 49.5 Å². The predicted octanol–water partition coefficient (Wildman–Crippen LogP) is 2.34. The summed E-state index contributed by atoms with van der Waals surface area (Å²) in [5, 5.41) is 4.10. The summed E-state index contributed by atoms with van der Waals surface area (Å²) < 4.78 is 16.3. The SMILES string of the molecule is C[C@@H]1CN(c2cc(F)c(-c3cnn(C)c3)cc2N)C[C@H](C)N1C. The second-order valence-electron chi connectivity index (χ2n) is 6.56. The zero-order valence-electron chi connectivity index (χ0n) is 14.1. The summed E-state index contributed by atoms with van der Waals surface area (Å²) in [7, 11) is 3.94. The van der Waals surface area contributed by atoms with Crippen molar-refractivity contribution in [2.24, 2.45) is 7.05 Å². The van der Waals surface area contributed by atoms with E-state index in [-0.39, 0.29) is 5.82 Å². The Labute approximate surface area is 136 Å². The highest BCUT2D eigenvalue weighted by atomic mass is 19.1. The van der Waals surface area contributed by atoms with Crippen LogP contribution in [0.1, 0.15) is 13.8 Å². The molecule has 1 saturated heterocycles. The minimum atomic E-state index is -0.263. The van der Waals surface area contributed by atoms with Crippen LogP contribution in [0.5, 0.6) is 0 Å². The van der Waals surface area contributed by atoms with Crippen LogP contribution < -0.4 is 10.6 Å². The van der Waals surface area contributed by atoms with Gasteiger partial charge in [-0.05, 0) is 33.0 Å². The first-order valence-corrected chi connectivity index (χ1v) is 7.91. The largest absolute Gasteiger partial charge is 0.397 e. The molecule has 1 aromatic heterocycles. The number of nitrogens with zero attached hydrogens (tertiary/aromatic N) is 4. The van der Waals surface area contributed by atoms with Crippen LogP contribution in [0.4, 0.5) is 15.8 Å². The van der Waals surface area contributed by atoms with Crippen molar-refractivity contribution in [1.29, 1.82) is 0 Å². The zero-order valence-corrected chi connectivity index (χ0v) is 14.1. The number of benzene rings is 1. The van der Waals surface area contributed by atoms with E-state index in [2.05, 4.69) is 35.8 Å². The molecule has 0 unspecified atom stereocenters. The van der Waals surface area contributed by atoms with E-state index in [0.29, 0.717) is 23.3 Å². The molecule has 0 amide bonds. The maximum absolute atomic E-state index is 14.6. The van der Waals surface area contributed by atoms with Crippen molar-refractivity contribution in [2.45, 2.75) is 25.9 Å². The van der Waals surface area contributed by atoms with Crippen molar-refractivity contribution in [3.8, 4) is 11.1 Å². The monoisotopic (exact) mass is 317 g/mol. The third-order valence-electron chi connectivity index (χ3n) is 4.83. The summed E-state index contributed by atoms with van der Waals surface area (Å²) in [4.78, 5) is 4.52. The van der Waals surface area contributed by atoms with Gasteiger partial charge in [0.15, 0.2) is 0 Å². The lowest BCUT2D eigenvalue weighted by Crippen LogP contribution is -2.55. The Morgan fingerprint density at radius 1 is 1.17 bits per heavy atom. The Bertz CT molecular complexity index is 699. The third kappa shape index (κ3) is 2.91. The second kappa shape index (κ2) is 5.85. The zero-order chi connectivity index (χ0) is 16.7. The number of anilines is 2. The number of halogens is 1. The minimum absolute atomic E-state index is 0.263. The smallest absolute Gasteiger partial charge is 0.133 e. The normalized spacial score (nSPS) is 22.6. The van der Waals surface area contributed by atoms with Crippen molar-refractivity contribution in [2.75, 3.05) is 30.8 Å². The average Bonchev–Trinajstić information content (AvgIpc) is 2.92. The van der Waals surface area contributed by atoms with Gasteiger partial charge in [0.2, 0.25) is 0 Å². The van der Waals surface area contributed by atoms with Crippen LogP contribution in [0.25, 0.3) is 11.1 Å². The van der Waals surface area contributed by atoms with E-state index >= 15 is 0 Å². The van der Waals surface area contributed by atoms with Gasteiger partial charge in [0.1, 0.15) is 5.82 Å². The number of rotatable bonds is 2. The fraction of sp³-hybridized carbons (Fsp3) is 0.471. The number of likely N-dealkylation sites (N-methyl/N-ethyl adjacent to an activating group) is 1. The molecule has 5 nitrogen and oxygen atoms in total. The van der Waals surface area contributed by atoms with Crippen LogP contribution in [0.2, 0.25) is 0 Å². The summed E-state index contributed by atoms with van der Waals surface area (Å²) >= 11 is 0. The van der Waals surface area contributed by atoms with Crippen molar-refractivity contribution in [3.63, 3.8) is 0 Å². The van der Waals surface area contributed by atoms with E-state index in [0.717, 1.165) is 24.3 Å². The topological polar surface area (TPSA) is 50.3 Å². The maximum Gasteiger partial charge on any atom is 0.133 e. The van der Waals surface area contributed by atoms with E-state index in [4.69, 9.17) is 5.73 Å². The number of nitrogens with two attached hydrogens (primary N) is 1. The number of piperazine rings is 1. The van der Waals surface area contributed by atoms with E-state index in [1.54, 1.807) is 29.2 Å². The highest BCUT2D eigenvalue weighted by Gasteiger charge is 2.28. The van der Waals surface area contributed by atoms with Crippen LogP contribution in [-0.2, 0) is 7.05 Å². The summed E-state index contributed by atoms with van der Waals surface area (Å²) in [6, 6.07) is 4.08. The molecule has 2 atom stereocenters. The van der Waals surface area contributed by atoms with Gasteiger partial charge in [-0.2, -0.15) is 5.10 Å². The molecule has 0 saturated carbocycles. The average molecular weight is 317 g/mol. The van der Waals surface area contributed by atoms with E-state index in [9.17, 15) is 4.39 Å². The molecule has 2 aromatic rings. The first kappa shape index (κ1) is 15.8. The Hall–Kier alpha value is -2.08. The first-order valence-electron chi connectivity index (χ1n) is 7.91. The van der Waals surface area contributed by atoms with Gasteiger partial charge in [-0.3, -0.25) is 9.58 Å². The molecule has 1 aliphatic heterocycles. The molecular weight excluding hydrogens is 293 g/mol. The molecule has 0 spiro atoms. The van der Waals surface area contributed by atoms with E-state index in [1.807, 2.05) is 7.05 Å². The maximum atomic E-state index is 14.6. The first-order chi connectivity index (χ1) is 10.9. The Morgan fingerprint density at radius 2 is 1.83 bits per heavy atom. The lowest BCUT2D eigenvalue weighted by molar-refractivity contribution is 0.170. The van der Waals surface area contributed by atoms with Crippen molar-refractivity contribution in [1.82, 2.24) is 14.7 Å². The van der Waals surface area contributed by atoms with Gasteiger partial charge in [-0.15, -0.1) is 0 Å². The quantitative estimate of drug-likeness (QED) is 0.864. The molecule has 6 heteroatoms. The van der Waals surface area contributed by atoms with Crippen molar-refractivity contribution < 1.29 is 4.39 Å². The molecule has 0 radical (unpaired) electrons. The number of hydrogen-bond acceptors (Lipinski definition) is 4. The molecule has 3 rings (SSSR count). The van der Waals surface area contributed by atoms with Crippen molar-refractivity contribution >= 4 is 11.4 Å². The lowest BCUT2D eigenvalue weighted by Gasteiger charge is -2.43. The Kier molecular flexibility index (Phi) is 4.02. The molecule has 23 heavy (non-hydrogen) atoms. The predicted molar refractivity (Wildman–Crippen MR) is 91.9 cm³/mol. The molecule has 1 aliphatic rings. The number of aromatic nitrogens is 2. The highest BCUT2D eigenvalue weighted by molar-refractivity contribution is 5.77. The standard InChI is InChI=1S/C17H24FN5/c1-11-8-23(9-12(2)22(11)4)17-6-15(18)14(5-16(17)19)13-7-20-21(3)10-13/h5-7,10-12H,8-9,19H2,1-4H3/t11-,12+. The Balaban J connectivity index is 1.94. The van der Waals surface area contributed by atoms with Crippen LogP contribution in [0, 0.1) is 5.82 Å². The fourth-order valence-electron chi connectivity index (χ4n) is 3.24.